The number of ether oxygens (including phenoxy) is 1. The lowest BCUT2D eigenvalue weighted by molar-refractivity contribution is -0.146. The van der Waals surface area contributed by atoms with Crippen molar-refractivity contribution in [2.45, 2.75) is 84.2 Å². The van der Waals surface area contributed by atoms with Gasteiger partial charge < -0.3 is 4.74 Å². The SMILES string of the molecule is CO[C@H]1CCC[C@H]2[C@@H]3CC[C@@H]4C[C@H](C)CC[C@@H]4[C@H]3CC[C@]12C. The second-order valence-electron chi connectivity index (χ2n) is 9.55. The van der Waals surface area contributed by atoms with Crippen LogP contribution >= 0.6 is 0 Å². The third kappa shape index (κ3) is 2.29. The first-order valence-electron chi connectivity index (χ1n) is 10.2. The molecule has 4 fully saturated rings. The molecule has 126 valence electrons. The Bertz CT molecular complexity index is 405. The van der Waals surface area contributed by atoms with E-state index in [1.165, 1.54) is 51.4 Å². The molecule has 0 aromatic heterocycles. The van der Waals surface area contributed by atoms with Gasteiger partial charge in [-0.05, 0) is 92.3 Å². The quantitative estimate of drug-likeness (QED) is 0.605. The Hall–Kier alpha value is -0.0400. The molecule has 8 atom stereocenters. The van der Waals surface area contributed by atoms with E-state index in [1.54, 1.807) is 12.8 Å². The van der Waals surface area contributed by atoms with Crippen molar-refractivity contribution >= 4 is 0 Å². The molecule has 4 rings (SSSR count). The third-order valence-corrected chi connectivity index (χ3v) is 8.66. The smallest absolute Gasteiger partial charge is 0.0627 e. The highest BCUT2D eigenvalue weighted by atomic mass is 16.5. The van der Waals surface area contributed by atoms with E-state index in [9.17, 15) is 0 Å². The standard InChI is InChI=1S/C21H36O/c1-14-7-9-16-15(13-14)8-10-18-17(16)11-12-21(2)19(18)5-4-6-20(21)22-3/h14-20H,4-13H2,1-3H3/t14-,15-,16+,17-,18-,19+,20+,21+/m1/s1. The molecule has 1 nitrogen and oxygen atoms in total. The monoisotopic (exact) mass is 304 g/mol. The van der Waals surface area contributed by atoms with Crippen molar-refractivity contribution in [1.29, 1.82) is 0 Å². The van der Waals surface area contributed by atoms with E-state index in [1.807, 2.05) is 7.11 Å². The van der Waals surface area contributed by atoms with Crippen molar-refractivity contribution in [3.8, 4) is 0 Å². The minimum atomic E-state index is 0.489. The molecule has 22 heavy (non-hydrogen) atoms. The highest BCUT2D eigenvalue weighted by Crippen LogP contribution is 2.61. The lowest BCUT2D eigenvalue weighted by Gasteiger charge is -2.60. The van der Waals surface area contributed by atoms with Gasteiger partial charge in [0.05, 0.1) is 6.10 Å². The number of methoxy groups -OCH3 is 1. The first-order valence-corrected chi connectivity index (χ1v) is 10.2. The van der Waals surface area contributed by atoms with E-state index in [0.29, 0.717) is 11.5 Å². The number of fused-ring (bicyclic) bond motifs is 5. The molecule has 4 saturated carbocycles. The Kier molecular flexibility index (Phi) is 4.08. The van der Waals surface area contributed by atoms with Gasteiger partial charge >= 0.3 is 0 Å². The molecule has 0 heterocycles. The van der Waals surface area contributed by atoms with E-state index in [2.05, 4.69) is 13.8 Å². The molecule has 0 bridgehead atoms. The van der Waals surface area contributed by atoms with Crippen molar-refractivity contribution in [2.24, 2.45) is 40.9 Å². The topological polar surface area (TPSA) is 9.23 Å². The molecular formula is C21H36O. The van der Waals surface area contributed by atoms with Crippen molar-refractivity contribution in [3.05, 3.63) is 0 Å². The fourth-order valence-electron chi connectivity index (χ4n) is 7.62. The van der Waals surface area contributed by atoms with Gasteiger partial charge in [0, 0.05) is 7.11 Å². The van der Waals surface area contributed by atoms with E-state index in [0.717, 1.165) is 35.5 Å². The summed E-state index contributed by atoms with van der Waals surface area (Å²) in [6.07, 6.45) is 15.4. The first-order chi connectivity index (χ1) is 10.6. The molecule has 0 saturated heterocycles. The molecule has 0 N–H and O–H groups in total. The minimum absolute atomic E-state index is 0.489. The lowest BCUT2D eigenvalue weighted by Crippen LogP contribution is -2.54. The predicted octanol–water partition coefficient (Wildman–Crippen LogP) is 5.68. The molecule has 0 aromatic carbocycles. The van der Waals surface area contributed by atoms with Gasteiger partial charge in [0.2, 0.25) is 0 Å². The summed E-state index contributed by atoms with van der Waals surface area (Å²) in [5.74, 6) is 6.23. The van der Waals surface area contributed by atoms with Gasteiger partial charge in [-0.25, -0.2) is 0 Å². The highest BCUT2D eigenvalue weighted by Gasteiger charge is 2.55. The predicted molar refractivity (Wildman–Crippen MR) is 91.7 cm³/mol. The number of hydrogen-bond donors (Lipinski definition) is 0. The summed E-state index contributed by atoms with van der Waals surface area (Å²) in [6, 6.07) is 0. The van der Waals surface area contributed by atoms with Gasteiger partial charge in [-0.1, -0.05) is 26.7 Å². The van der Waals surface area contributed by atoms with Crippen molar-refractivity contribution < 1.29 is 4.74 Å². The summed E-state index contributed by atoms with van der Waals surface area (Å²) in [7, 11) is 1.96. The Morgan fingerprint density at radius 2 is 1.68 bits per heavy atom. The van der Waals surface area contributed by atoms with Crippen LogP contribution in [0.5, 0.6) is 0 Å². The van der Waals surface area contributed by atoms with Crippen molar-refractivity contribution in [1.82, 2.24) is 0 Å². The molecule has 0 amide bonds. The molecule has 0 unspecified atom stereocenters. The zero-order chi connectivity index (χ0) is 15.3. The maximum absolute atomic E-state index is 5.96. The number of rotatable bonds is 1. The van der Waals surface area contributed by atoms with Crippen LogP contribution in [-0.4, -0.2) is 13.2 Å². The van der Waals surface area contributed by atoms with E-state index in [4.69, 9.17) is 4.74 Å². The van der Waals surface area contributed by atoms with Gasteiger partial charge in [-0.15, -0.1) is 0 Å². The molecule has 4 aliphatic carbocycles. The highest BCUT2D eigenvalue weighted by molar-refractivity contribution is 5.04. The molecule has 0 aliphatic heterocycles. The molecule has 0 radical (unpaired) electrons. The molecule has 1 heteroatoms. The van der Waals surface area contributed by atoms with Crippen LogP contribution in [0.15, 0.2) is 0 Å². The third-order valence-electron chi connectivity index (χ3n) is 8.66. The first kappa shape index (κ1) is 15.5. The Labute approximate surface area is 137 Å². The average molecular weight is 305 g/mol. The fraction of sp³-hybridized carbons (Fsp3) is 1.00. The summed E-state index contributed by atoms with van der Waals surface area (Å²) in [6.45, 7) is 5.07. The lowest BCUT2D eigenvalue weighted by atomic mass is 9.46. The second kappa shape index (κ2) is 5.80. The summed E-state index contributed by atoms with van der Waals surface area (Å²) in [5, 5.41) is 0. The van der Waals surface area contributed by atoms with E-state index >= 15 is 0 Å². The van der Waals surface area contributed by atoms with Crippen LogP contribution in [0.3, 0.4) is 0 Å². The molecule has 0 aromatic rings. The zero-order valence-corrected chi connectivity index (χ0v) is 15.0. The Balaban J connectivity index is 1.56. The molecule has 0 spiro atoms. The van der Waals surface area contributed by atoms with Crippen LogP contribution in [-0.2, 0) is 4.74 Å². The van der Waals surface area contributed by atoms with Crippen LogP contribution in [0.1, 0.15) is 78.1 Å². The Morgan fingerprint density at radius 3 is 2.50 bits per heavy atom. The number of hydrogen-bond acceptors (Lipinski definition) is 1. The normalized spacial score (nSPS) is 55.0. The van der Waals surface area contributed by atoms with Gasteiger partial charge in [-0.2, -0.15) is 0 Å². The van der Waals surface area contributed by atoms with Gasteiger partial charge in [0.25, 0.3) is 0 Å². The van der Waals surface area contributed by atoms with E-state index < -0.39 is 0 Å². The fourth-order valence-corrected chi connectivity index (χ4v) is 7.62. The Morgan fingerprint density at radius 1 is 0.864 bits per heavy atom. The second-order valence-corrected chi connectivity index (χ2v) is 9.55. The van der Waals surface area contributed by atoms with Crippen molar-refractivity contribution in [3.63, 3.8) is 0 Å². The maximum Gasteiger partial charge on any atom is 0.0627 e. The van der Waals surface area contributed by atoms with Crippen molar-refractivity contribution in [2.75, 3.05) is 7.11 Å². The maximum atomic E-state index is 5.96. The molecular weight excluding hydrogens is 268 g/mol. The van der Waals surface area contributed by atoms with Crippen LogP contribution in [0.2, 0.25) is 0 Å². The molecule has 4 aliphatic rings. The van der Waals surface area contributed by atoms with Crippen LogP contribution in [0, 0.1) is 40.9 Å². The van der Waals surface area contributed by atoms with Gasteiger partial charge in [0.15, 0.2) is 0 Å². The summed E-state index contributed by atoms with van der Waals surface area (Å²) < 4.78 is 5.96. The zero-order valence-electron chi connectivity index (χ0n) is 15.0. The van der Waals surface area contributed by atoms with E-state index in [-0.39, 0.29) is 0 Å². The summed E-state index contributed by atoms with van der Waals surface area (Å²) in [4.78, 5) is 0. The van der Waals surface area contributed by atoms with Crippen LogP contribution in [0.4, 0.5) is 0 Å². The van der Waals surface area contributed by atoms with Gasteiger partial charge in [-0.3, -0.25) is 0 Å². The average Bonchev–Trinajstić information content (AvgIpc) is 2.53. The van der Waals surface area contributed by atoms with Crippen LogP contribution in [0.25, 0.3) is 0 Å². The summed E-state index contributed by atoms with van der Waals surface area (Å²) in [5.41, 5.74) is 0.489. The van der Waals surface area contributed by atoms with Gasteiger partial charge in [0.1, 0.15) is 0 Å². The summed E-state index contributed by atoms with van der Waals surface area (Å²) >= 11 is 0. The minimum Gasteiger partial charge on any atom is -0.381 e. The largest absolute Gasteiger partial charge is 0.381 e. The van der Waals surface area contributed by atoms with Crippen LogP contribution < -0.4 is 0 Å².